The molecule has 1 fully saturated rings. The molecule has 0 atom stereocenters. The fourth-order valence-corrected chi connectivity index (χ4v) is 2.66. The van der Waals surface area contributed by atoms with E-state index in [0.29, 0.717) is 19.1 Å². The van der Waals surface area contributed by atoms with Gasteiger partial charge in [-0.1, -0.05) is 17.7 Å². The van der Waals surface area contributed by atoms with Crippen molar-refractivity contribution in [2.75, 3.05) is 18.4 Å². The monoisotopic (exact) mass is 290 g/mol. The van der Waals surface area contributed by atoms with Gasteiger partial charge in [0.15, 0.2) is 0 Å². The molecule has 21 heavy (non-hydrogen) atoms. The summed E-state index contributed by atoms with van der Waals surface area (Å²) < 4.78 is 5.36. The Bertz CT molecular complexity index is 517. The SMILES string of the molecule is Cc1cc(C)c(NC2CN(C(=O)OC(C)(C)C)C2)c(C)c1. The first-order chi connectivity index (χ1) is 9.65. The minimum absolute atomic E-state index is 0.224. The van der Waals surface area contributed by atoms with Crippen molar-refractivity contribution in [1.29, 1.82) is 0 Å². The van der Waals surface area contributed by atoms with Crippen LogP contribution in [0.5, 0.6) is 0 Å². The maximum atomic E-state index is 11.9. The zero-order valence-corrected chi connectivity index (χ0v) is 13.9. The highest BCUT2D eigenvalue weighted by Crippen LogP contribution is 2.25. The minimum Gasteiger partial charge on any atom is -0.444 e. The van der Waals surface area contributed by atoms with E-state index in [1.54, 1.807) is 4.90 Å². The predicted molar refractivity (Wildman–Crippen MR) is 85.9 cm³/mol. The van der Waals surface area contributed by atoms with Crippen LogP contribution in [0.4, 0.5) is 10.5 Å². The van der Waals surface area contributed by atoms with Crippen molar-refractivity contribution in [3.05, 3.63) is 28.8 Å². The molecule has 4 heteroatoms. The summed E-state index contributed by atoms with van der Waals surface area (Å²) in [6.45, 7) is 13.4. The third-order valence-electron chi connectivity index (χ3n) is 3.56. The number of anilines is 1. The van der Waals surface area contributed by atoms with Gasteiger partial charge in [0.1, 0.15) is 5.60 Å². The van der Waals surface area contributed by atoms with Crippen LogP contribution in [-0.4, -0.2) is 35.7 Å². The quantitative estimate of drug-likeness (QED) is 0.904. The molecule has 0 aliphatic carbocycles. The number of nitrogens with zero attached hydrogens (tertiary/aromatic N) is 1. The first kappa shape index (κ1) is 15.7. The van der Waals surface area contributed by atoms with Gasteiger partial charge in [-0.25, -0.2) is 4.79 Å². The van der Waals surface area contributed by atoms with Crippen molar-refractivity contribution in [3.63, 3.8) is 0 Å². The van der Waals surface area contributed by atoms with Gasteiger partial charge < -0.3 is 15.0 Å². The molecule has 2 rings (SSSR count). The number of hydrogen-bond donors (Lipinski definition) is 1. The van der Waals surface area contributed by atoms with Gasteiger partial charge in [0.05, 0.1) is 6.04 Å². The van der Waals surface area contributed by atoms with Gasteiger partial charge in [-0.3, -0.25) is 0 Å². The van der Waals surface area contributed by atoms with E-state index in [1.165, 1.54) is 22.4 Å². The Hall–Kier alpha value is -1.71. The van der Waals surface area contributed by atoms with E-state index in [0.717, 1.165) is 0 Å². The molecule has 1 aliphatic rings. The molecule has 0 saturated carbocycles. The molecule has 0 unspecified atom stereocenters. The fourth-order valence-electron chi connectivity index (χ4n) is 2.66. The van der Waals surface area contributed by atoms with Crippen LogP contribution in [0.1, 0.15) is 37.5 Å². The van der Waals surface area contributed by atoms with Crippen molar-refractivity contribution in [2.45, 2.75) is 53.2 Å². The van der Waals surface area contributed by atoms with E-state index in [1.807, 2.05) is 20.8 Å². The van der Waals surface area contributed by atoms with Gasteiger partial charge in [0, 0.05) is 18.8 Å². The molecule has 1 saturated heterocycles. The van der Waals surface area contributed by atoms with Crippen molar-refractivity contribution < 1.29 is 9.53 Å². The zero-order chi connectivity index (χ0) is 15.8. The molecule has 4 nitrogen and oxygen atoms in total. The Balaban J connectivity index is 1.90. The van der Waals surface area contributed by atoms with Crippen LogP contribution in [0.2, 0.25) is 0 Å². The van der Waals surface area contributed by atoms with Gasteiger partial charge in [-0.15, -0.1) is 0 Å². The molecular weight excluding hydrogens is 264 g/mol. The zero-order valence-electron chi connectivity index (χ0n) is 13.9. The number of nitrogens with one attached hydrogen (secondary N) is 1. The Morgan fingerprint density at radius 3 is 2.19 bits per heavy atom. The standard InChI is InChI=1S/C17H26N2O2/c1-11-7-12(2)15(13(3)8-11)18-14-9-19(10-14)16(20)21-17(4,5)6/h7-8,14,18H,9-10H2,1-6H3. The maximum Gasteiger partial charge on any atom is 0.410 e. The molecule has 0 spiro atoms. The van der Waals surface area contributed by atoms with Crippen molar-refractivity contribution in [1.82, 2.24) is 4.90 Å². The van der Waals surface area contributed by atoms with E-state index in [9.17, 15) is 4.79 Å². The number of likely N-dealkylation sites (tertiary alicyclic amines) is 1. The lowest BCUT2D eigenvalue weighted by Crippen LogP contribution is -2.58. The Kier molecular flexibility index (Phi) is 4.17. The number of hydrogen-bond acceptors (Lipinski definition) is 3. The fraction of sp³-hybridized carbons (Fsp3) is 0.588. The highest BCUT2D eigenvalue weighted by Gasteiger charge is 2.33. The Morgan fingerprint density at radius 1 is 1.19 bits per heavy atom. The smallest absolute Gasteiger partial charge is 0.410 e. The summed E-state index contributed by atoms with van der Waals surface area (Å²) >= 11 is 0. The maximum absolute atomic E-state index is 11.9. The third-order valence-corrected chi connectivity index (χ3v) is 3.56. The summed E-state index contributed by atoms with van der Waals surface area (Å²) in [4.78, 5) is 13.6. The first-order valence-corrected chi connectivity index (χ1v) is 7.48. The number of amides is 1. The number of carbonyl (C=O) groups excluding carboxylic acids is 1. The summed E-state index contributed by atoms with van der Waals surface area (Å²) in [5, 5.41) is 3.54. The number of aryl methyl sites for hydroxylation is 3. The largest absolute Gasteiger partial charge is 0.444 e. The number of ether oxygens (including phenoxy) is 1. The molecule has 0 radical (unpaired) electrons. The minimum atomic E-state index is -0.431. The molecular formula is C17H26N2O2. The highest BCUT2D eigenvalue weighted by atomic mass is 16.6. The van der Waals surface area contributed by atoms with Gasteiger partial charge in [-0.05, 0) is 52.7 Å². The van der Waals surface area contributed by atoms with Crippen LogP contribution in [0, 0.1) is 20.8 Å². The average molecular weight is 290 g/mol. The van der Waals surface area contributed by atoms with Crippen molar-refractivity contribution in [2.24, 2.45) is 0 Å². The molecule has 0 bridgehead atoms. The van der Waals surface area contributed by atoms with Gasteiger partial charge in [-0.2, -0.15) is 0 Å². The second kappa shape index (κ2) is 5.58. The molecule has 1 aromatic carbocycles. The van der Waals surface area contributed by atoms with Crippen LogP contribution in [0.25, 0.3) is 0 Å². The van der Waals surface area contributed by atoms with Crippen LogP contribution in [0.3, 0.4) is 0 Å². The number of benzene rings is 1. The van der Waals surface area contributed by atoms with Crippen molar-refractivity contribution in [3.8, 4) is 0 Å². The third kappa shape index (κ3) is 3.90. The van der Waals surface area contributed by atoms with E-state index in [2.05, 4.69) is 38.2 Å². The van der Waals surface area contributed by atoms with E-state index in [-0.39, 0.29) is 6.09 Å². The molecule has 1 heterocycles. The lowest BCUT2D eigenvalue weighted by atomic mass is 10.0. The van der Waals surface area contributed by atoms with E-state index >= 15 is 0 Å². The van der Waals surface area contributed by atoms with Crippen molar-refractivity contribution >= 4 is 11.8 Å². The Labute approximate surface area is 127 Å². The van der Waals surface area contributed by atoms with Crippen LogP contribution >= 0.6 is 0 Å². The Morgan fingerprint density at radius 2 is 1.71 bits per heavy atom. The number of rotatable bonds is 2. The lowest BCUT2D eigenvalue weighted by Gasteiger charge is -2.41. The highest BCUT2D eigenvalue weighted by molar-refractivity contribution is 5.70. The van der Waals surface area contributed by atoms with Crippen LogP contribution in [-0.2, 0) is 4.74 Å². The van der Waals surface area contributed by atoms with Crippen LogP contribution < -0.4 is 5.32 Å². The summed E-state index contributed by atoms with van der Waals surface area (Å²) in [6.07, 6.45) is -0.224. The molecule has 1 N–H and O–H groups in total. The topological polar surface area (TPSA) is 41.6 Å². The summed E-state index contributed by atoms with van der Waals surface area (Å²) in [5.74, 6) is 0. The number of carbonyl (C=O) groups is 1. The lowest BCUT2D eigenvalue weighted by molar-refractivity contribution is 0.0105. The second-order valence-electron chi connectivity index (χ2n) is 7.00. The van der Waals surface area contributed by atoms with Crippen LogP contribution in [0.15, 0.2) is 12.1 Å². The summed E-state index contributed by atoms with van der Waals surface area (Å²) in [7, 11) is 0. The normalized spacial score (nSPS) is 15.6. The van der Waals surface area contributed by atoms with E-state index < -0.39 is 5.60 Å². The first-order valence-electron chi connectivity index (χ1n) is 7.48. The summed E-state index contributed by atoms with van der Waals surface area (Å²) in [5.41, 5.74) is 4.54. The van der Waals surface area contributed by atoms with Gasteiger partial charge >= 0.3 is 6.09 Å². The van der Waals surface area contributed by atoms with Gasteiger partial charge in [0.25, 0.3) is 0 Å². The van der Waals surface area contributed by atoms with Gasteiger partial charge in [0.2, 0.25) is 0 Å². The molecule has 1 amide bonds. The molecule has 1 aliphatic heterocycles. The van der Waals surface area contributed by atoms with E-state index in [4.69, 9.17) is 4.74 Å². The molecule has 1 aromatic rings. The predicted octanol–water partition coefficient (Wildman–Crippen LogP) is 3.64. The molecule has 0 aromatic heterocycles. The summed E-state index contributed by atoms with van der Waals surface area (Å²) in [6, 6.07) is 4.66. The molecule has 116 valence electrons. The second-order valence-corrected chi connectivity index (χ2v) is 7.00. The average Bonchev–Trinajstić information content (AvgIpc) is 2.21.